The standard InChI is InChI=1S/C18H32N6OS/c1-5-14-12-21-16(26-14)13-22-18(19-2)20-9-7-11-24-10-6-8-15(24)17(25)23(3)4/h12,15H,5-11,13H2,1-4H3,(H2,19,20,22). The highest BCUT2D eigenvalue weighted by Gasteiger charge is 2.30. The number of rotatable bonds is 8. The van der Waals surface area contributed by atoms with Gasteiger partial charge in [0.1, 0.15) is 5.01 Å². The van der Waals surface area contributed by atoms with Gasteiger partial charge in [-0.25, -0.2) is 4.98 Å². The lowest BCUT2D eigenvalue weighted by Crippen LogP contribution is -2.44. The van der Waals surface area contributed by atoms with E-state index in [1.165, 1.54) is 4.88 Å². The number of thiazole rings is 1. The molecule has 1 fully saturated rings. The third kappa shape index (κ3) is 5.95. The first-order valence-electron chi connectivity index (χ1n) is 9.38. The minimum atomic E-state index is 0.0557. The molecule has 0 saturated carbocycles. The van der Waals surface area contributed by atoms with Crippen molar-refractivity contribution in [1.82, 2.24) is 25.4 Å². The first-order chi connectivity index (χ1) is 12.5. The topological polar surface area (TPSA) is 72.9 Å². The molecule has 1 saturated heterocycles. The van der Waals surface area contributed by atoms with Crippen molar-refractivity contribution in [2.75, 3.05) is 40.8 Å². The Morgan fingerprint density at radius 1 is 1.46 bits per heavy atom. The minimum absolute atomic E-state index is 0.0557. The largest absolute Gasteiger partial charge is 0.356 e. The molecule has 1 aromatic rings. The van der Waals surface area contributed by atoms with E-state index < -0.39 is 0 Å². The number of amides is 1. The van der Waals surface area contributed by atoms with E-state index in [-0.39, 0.29) is 11.9 Å². The summed E-state index contributed by atoms with van der Waals surface area (Å²) in [6.07, 6.45) is 6.03. The van der Waals surface area contributed by atoms with Gasteiger partial charge in [-0.2, -0.15) is 0 Å². The molecule has 8 heteroatoms. The lowest BCUT2D eigenvalue weighted by Gasteiger charge is -2.26. The molecule has 0 radical (unpaired) electrons. The van der Waals surface area contributed by atoms with E-state index in [1.807, 2.05) is 20.3 Å². The maximum absolute atomic E-state index is 12.2. The van der Waals surface area contributed by atoms with Gasteiger partial charge in [-0.05, 0) is 32.2 Å². The molecule has 2 N–H and O–H groups in total. The number of nitrogens with zero attached hydrogens (tertiary/aromatic N) is 4. The smallest absolute Gasteiger partial charge is 0.239 e. The number of aryl methyl sites for hydroxylation is 1. The Bertz CT molecular complexity index is 600. The predicted octanol–water partition coefficient (Wildman–Crippen LogP) is 1.31. The van der Waals surface area contributed by atoms with Crippen molar-refractivity contribution >= 4 is 23.2 Å². The van der Waals surface area contributed by atoms with Crippen LogP contribution in [0.15, 0.2) is 11.2 Å². The van der Waals surface area contributed by atoms with Gasteiger partial charge in [0, 0.05) is 45.3 Å². The highest BCUT2D eigenvalue weighted by Crippen LogP contribution is 2.18. The van der Waals surface area contributed by atoms with Gasteiger partial charge < -0.3 is 15.5 Å². The molecule has 146 valence electrons. The molecule has 26 heavy (non-hydrogen) atoms. The molecule has 2 heterocycles. The summed E-state index contributed by atoms with van der Waals surface area (Å²) in [6, 6.07) is 0.0557. The number of hydrogen-bond acceptors (Lipinski definition) is 5. The Labute approximate surface area is 160 Å². The molecule has 1 aliphatic heterocycles. The Morgan fingerprint density at radius 3 is 2.92 bits per heavy atom. The molecule has 0 aliphatic carbocycles. The summed E-state index contributed by atoms with van der Waals surface area (Å²) in [4.78, 5) is 26.2. The van der Waals surface area contributed by atoms with Crippen LogP contribution in [-0.4, -0.2) is 73.5 Å². The summed E-state index contributed by atoms with van der Waals surface area (Å²) < 4.78 is 0. The number of carbonyl (C=O) groups is 1. The first-order valence-corrected chi connectivity index (χ1v) is 10.2. The molecule has 1 aliphatic rings. The summed E-state index contributed by atoms with van der Waals surface area (Å²) in [5.41, 5.74) is 0. The van der Waals surface area contributed by atoms with Crippen LogP contribution in [-0.2, 0) is 17.8 Å². The van der Waals surface area contributed by atoms with Crippen molar-refractivity contribution in [3.63, 3.8) is 0 Å². The number of aliphatic imine (C=N–C) groups is 1. The summed E-state index contributed by atoms with van der Waals surface area (Å²) in [5, 5.41) is 7.73. The number of likely N-dealkylation sites (N-methyl/N-ethyl adjacent to an activating group) is 1. The van der Waals surface area contributed by atoms with Gasteiger partial charge in [-0.3, -0.25) is 14.7 Å². The van der Waals surface area contributed by atoms with Crippen molar-refractivity contribution in [3.05, 3.63) is 16.1 Å². The van der Waals surface area contributed by atoms with E-state index >= 15 is 0 Å². The number of guanidine groups is 1. The number of hydrogen-bond donors (Lipinski definition) is 2. The lowest BCUT2D eigenvalue weighted by atomic mass is 10.2. The molecule has 0 bridgehead atoms. The van der Waals surface area contributed by atoms with Crippen LogP contribution in [0.3, 0.4) is 0 Å². The van der Waals surface area contributed by atoms with Crippen LogP contribution in [0.25, 0.3) is 0 Å². The highest BCUT2D eigenvalue weighted by molar-refractivity contribution is 7.11. The van der Waals surface area contributed by atoms with Crippen LogP contribution >= 0.6 is 11.3 Å². The average molecular weight is 381 g/mol. The molecule has 1 unspecified atom stereocenters. The summed E-state index contributed by atoms with van der Waals surface area (Å²) >= 11 is 1.74. The highest BCUT2D eigenvalue weighted by atomic mass is 32.1. The van der Waals surface area contributed by atoms with Crippen LogP contribution < -0.4 is 10.6 Å². The fraction of sp³-hybridized carbons (Fsp3) is 0.722. The van der Waals surface area contributed by atoms with Gasteiger partial charge in [-0.15, -0.1) is 11.3 Å². The second kappa shape index (κ2) is 10.5. The van der Waals surface area contributed by atoms with Crippen LogP contribution in [0.2, 0.25) is 0 Å². The molecule has 2 rings (SSSR count). The van der Waals surface area contributed by atoms with Crippen molar-refractivity contribution in [2.24, 2.45) is 4.99 Å². The molecule has 1 atom stereocenters. The minimum Gasteiger partial charge on any atom is -0.356 e. The molecule has 0 spiro atoms. The number of nitrogens with one attached hydrogen (secondary N) is 2. The number of aromatic nitrogens is 1. The van der Waals surface area contributed by atoms with Gasteiger partial charge >= 0.3 is 0 Å². The number of carbonyl (C=O) groups excluding carboxylic acids is 1. The monoisotopic (exact) mass is 380 g/mol. The van der Waals surface area contributed by atoms with Crippen LogP contribution in [0.5, 0.6) is 0 Å². The second-order valence-electron chi connectivity index (χ2n) is 6.71. The fourth-order valence-electron chi connectivity index (χ4n) is 3.13. The van der Waals surface area contributed by atoms with E-state index in [0.717, 1.165) is 56.3 Å². The molecule has 1 amide bonds. The Morgan fingerprint density at radius 2 is 2.27 bits per heavy atom. The summed E-state index contributed by atoms with van der Waals surface area (Å²) in [7, 11) is 5.45. The maximum Gasteiger partial charge on any atom is 0.239 e. The van der Waals surface area contributed by atoms with Crippen molar-refractivity contribution in [2.45, 2.75) is 45.2 Å². The summed E-state index contributed by atoms with van der Waals surface area (Å²) in [5.74, 6) is 1.02. The lowest BCUT2D eigenvalue weighted by molar-refractivity contribution is -0.133. The van der Waals surface area contributed by atoms with Gasteiger partial charge in [0.2, 0.25) is 5.91 Å². The maximum atomic E-state index is 12.2. The Kier molecular flexibility index (Phi) is 8.31. The van der Waals surface area contributed by atoms with E-state index in [2.05, 4.69) is 32.4 Å². The van der Waals surface area contributed by atoms with Gasteiger partial charge in [0.25, 0.3) is 0 Å². The zero-order chi connectivity index (χ0) is 18.9. The van der Waals surface area contributed by atoms with Crippen LogP contribution in [0.1, 0.15) is 36.1 Å². The normalized spacial score (nSPS) is 18.2. The third-order valence-corrected chi connectivity index (χ3v) is 5.73. The van der Waals surface area contributed by atoms with Crippen LogP contribution in [0, 0.1) is 0 Å². The van der Waals surface area contributed by atoms with Gasteiger partial charge in [-0.1, -0.05) is 6.92 Å². The fourth-order valence-corrected chi connectivity index (χ4v) is 3.94. The SMILES string of the molecule is CCc1cnc(CNC(=NC)NCCCN2CCCC2C(=O)N(C)C)s1. The molecule has 1 aromatic heterocycles. The average Bonchev–Trinajstić information content (AvgIpc) is 3.29. The van der Waals surface area contributed by atoms with E-state index in [0.29, 0.717) is 6.54 Å². The van der Waals surface area contributed by atoms with E-state index in [4.69, 9.17) is 0 Å². The second-order valence-corrected chi connectivity index (χ2v) is 7.91. The first kappa shape index (κ1) is 20.6. The van der Waals surface area contributed by atoms with Crippen molar-refractivity contribution < 1.29 is 4.79 Å². The molecular weight excluding hydrogens is 348 g/mol. The van der Waals surface area contributed by atoms with Gasteiger partial charge in [0.05, 0.1) is 12.6 Å². The molecule has 0 aromatic carbocycles. The van der Waals surface area contributed by atoms with Crippen molar-refractivity contribution in [3.8, 4) is 0 Å². The van der Waals surface area contributed by atoms with Gasteiger partial charge in [0.15, 0.2) is 5.96 Å². The summed E-state index contributed by atoms with van der Waals surface area (Å²) in [6.45, 7) is 5.61. The number of likely N-dealkylation sites (tertiary alicyclic amines) is 1. The molecular formula is C18H32N6OS. The van der Waals surface area contributed by atoms with Crippen LogP contribution in [0.4, 0.5) is 0 Å². The third-order valence-electron chi connectivity index (χ3n) is 4.58. The Balaban J connectivity index is 1.68. The van der Waals surface area contributed by atoms with Crippen molar-refractivity contribution in [1.29, 1.82) is 0 Å². The Hall–Kier alpha value is -1.67. The zero-order valence-electron chi connectivity index (χ0n) is 16.4. The molecule has 7 nitrogen and oxygen atoms in total. The quantitative estimate of drug-likeness (QED) is 0.404. The predicted molar refractivity (Wildman–Crippen MR) is 108 cm³/mol. The van der Waals surface area contributed by atoms with E-state index in [9.17, 15) is 4.79 Å². The zero-order valence-corrected chi connectivity index (χ0v) is 17.2. The van der Waals surface area contributed by atoms with E-state index in [1.54, 1.807) is 23.3 Å².